The molecule has 13 nitrogen and oxygen atoms in total. The number of fused-ring (bicyclic) bond motifs is 1. The highest BCUT2D eigenvalue weighted by Crippen LogP contribution is 2.29. The molecule has 0 bridgehead atoms. The summed E-state index contributed by atoms with van der Waals surface area (Å²) >= 11 is 0. The number of pyridine rings is 1. The van der Waals surface area contributed by atoms with Gasteiger partial charge in [0.2, 0.25) is 11.8 Å². The molecule has 5 rings (SSSR count). The minimum absolute atomic E-state index is 0.0505. The normalized spacial score (nSPS) is 18.1. The Morgan fingerprint density at radius 2 is 1.62 bits per heavy atom. The van der Waals surface area contributed by atoms with Gasteiger partial charge in [0, 0.05) is 50.2 Å². The highest BCUT2D eigenvalue weighted by atomic mass is 16.6. The number of aryl methyl sites for hydroxylation is 2. The summed E-state index contributed by atoms with van der Waals surface area (Å²) in [6.45, 7) is 7.67. The van der Waals surface area contributed by atoms with Gasteiger partial charge < -0.3 is 34.8 Å². The van der Waals surface area contributed by atoms with E-state index < -0.39 is 11.9 Å². The van der Waals surface area contributed by atoms with Crippen molar-refractivity contribution in [2.24, 2.45) is 0 Å². The SMILES string of the molecule is CCCCOC(=O)N1CCN(C(=O)CNC(=O)c2cc(OCC(=O)N3CCC[C@H]3C(=O)NC3CCC3)c3cc(C)c(C)cc3n2)CC1. The van der Waals surface area contributed by atoms with Gasteiger partial charge in [-0.2, -0.15) is 0 Å². The summed E-state index contributed by atoms with van der Waals surface area (Å²) in [6, 6.07) is 4.94. The first kappa shape index (κ1) is 33.9. The van der Waals surface area contributed by atoms with Crippen LogP contribution in [-0.4, -0.2) is 114 Å². The molecule has 0 spiro atoms. The molecule has 2 N–H and O–H groups in total. The van der Waals surface area contributed by atoms with E-state index in [0.717, 1.165) is 49.7 Å². The quantitative estimate of drug-likeness (QED) is 0.353. The summed E-state index contributed by atoms with van der Waals surface area (Å²) < 4.78 is 11.3. The van der Waals surface area contributed by atoms with Crippen molar-refractivity contribution >= 4 is 40.6 Å². The predicted molar refractivity (Wildman–Crippen MR) is 174 cm³/mol. The van der Waals surface area contributed by atoms with Crippen LogP contribution >= 0.6 is 0 Å². The summed E-state index contributed by atoms with van der Waals surface area (Å²) in [5.74, 6) is -0.912. The third-order valence-corrected chi connectivity index (χ3v) is 9.31. The Balaban J connectivity index is 1.20. The fourth-order valence-electron chi connectivity index (χ4n) is 5.99. The number of amides is 5. The van der Waals surface area contributed by atoms with Crippen molar-refractivity contribution in [1.29, 1.82) is 0 Å². The van der Waals surface area contributed by atoms with Crippen LogP contribution in [0.15, 0.2) is 18.2 Å². The number of benzene rings is 1. The molecule has 3 fully saturated rings. The number of piperazine rings is 1. The lowest BCUT2D eigenvalue weighted by molar-refractivity contribution is -0.140. The van der Waals surface area contributed by atoms with Crippen molar-refractivity contribution in [3.05, 3.63) is 35.0 Å². The number of hydrogen-bond donors (Lipinski definition) is 2. The van der Waals surface area contributed by atoms with E-state index in [2.05, 4.69) is 15.6 Å². The Labute approximate surface area is 275 Å². The zero-order valence-electron chi connectivity index (χ0n) is 27.6. The molecule has 2 aliphatic heterocycles. The standard InChI is InChI=1S/C34H46N6O7/c1-4-5-16-46-34(45)39-14-12-38(13-15-39)30(41)20-35-32(43)27-19-29(25-17-22(2)23(3)18-26(25)37-27)47-21-31(42)40-11-7-10-28(40)33(44)36-24-8-6-9-24/h17-19,24,28H,4-16,20-21H2,1-3H3,(H,35,43)(H,36,44)/t28-/m0/s1. The third kappa shape index (κ3) is 8.30. The average molecular weight is 651 g/mol. The Kier molecular flexibility index (Phi) is 11.2. The summed E-state index contributed by atoms with van der Waals surface area (Å²) in [5.41, 5.74) is 2.55. The van der Waals surface area contributed by atoms with Crippen LogP contribution in [-0.2, 0) is 19.1 Å². The van der Waals surface area contributed by atoms with Crippen LogP contribution in [0.4, 0.5) is 4.79 Å². The van der Waals surface area contributed by atoms with Gasteiger partial charge in [-0.1, -0.05) is 13.3 Å². The van der Waals surface area contributed by atoms with Gasteiger partial charge in [0.05, 0.1) is 18.7 Å². The Bertz CT molecular complexity index is 1500. The van der Waals surface area contributed by atoms with E-state index in [1.165, 1.54) is 6.07 Å². The van der Waals surface area contributed by atoms with Crippen LogP contribution in [0.5, 0.6) is 5.75 Å². The van der Waals surface area contributed by atoms with E-state index in [0.29, 0.717) is 62.4 Å². The number of unbranched alkanes of at least 4 members (excludes halogenated alkanes) is 1. The number of nitrogens with zero attached hydrogens (tertiary/aromatic N) is 4. The molecule has 2 saturated heterocycles. The van der Waals surface area contributed by atoms with E-state index in [9.17, 15) is 24.0 Å². The van der Waals surface area contributed by atoms with Crippen LogP contribution in [0.3, 0.4) is 0 Å². The van der Waals surface area contributed by atoms with Crippen LogP contribution < -0.4 is 15.4 Å². The van der Waals surface area contributed by atoms with Gasteiger partial charge in [-0.15, -0.1) is 0 Å². The molecule has 2 aromatic rings. The topological polar surface area (TPSA) is 150 Å². The molecule has 1 saturated carbocycles. The van der Waals surface area contributed by atoms with Crippen molar-refractivity contribution in [3.8, 4) is 5.75 Å². The van der Waals surface area contributed by atoms with Crippen molar-refractivity contribution in [2.75, 3.05) is 52.5 Å². The molecule has 3 aliphatic rings. The number of ether oxygens (including phenoxy) is 2. The fraction of sp³-hybridized carbons (Fsp3) is 0.588. The second-order valence-electron chi connectivity index (χ2n) is 12.6. The fourth-order valence-corrected chi connectivity index (χ4v) is 5.99. The number of carbonyl (C=O) groups excluding carboxylic acids is 5. The van der Waals surface area contributed by atoms with E-state index in [1.807, 2.05) is 32.9 Å². The molecule has 13 heteroatoms. The first-order valence-electron chi connectivity index (χ1n) is 16.8. The minimum atomic E-state index is -0.555. The predicted octanol–water partition coefficient (Wildman–Crippen LogP) is 2.70. The highest BCUT2D eigenvalue weighted by molar-refractivity contribution is 5.99. The van der Waals surface area contributed by atoms with Crippen LogP contribution in [0.25, 0.3) is 10.9 Å². The summed E-state index contributed by atoms with van der Waals surface area (Å²) in [4.78, 5) is 73.8. The largest absolute Gasteiger partial charge is 0.483 e. The number of hydrogen-bond acceptors (Lipinski definition) is 8. The number of likely N-dealkylation sites (tertiary alicyclic amines) is 1. The third-order valence-electron chi connectivity index (χ3n) is 9.31. The zero-order chi connectivity index (χ0) is 33.5. The Hall–Kier alpha value is -4.42. The van der Waals surface area contributed by atoms with Gasteiger partial charge in [0.25, 0.3) is 11.8 Å². The zero-order valence-corrected chi connectivity index (χ0v) is 27.6. The lowest BCUT2D eigenvalue weighted by Gasteiger charge is -2.34. The van der Waals surface area contributed by atoms with Gasteiger partial charge >= 0.3 is 6.09 Å². The van der Waals surface area contributed by atoms with Crippen LogP contribution in [0.2, 0.25) is 0 Å². The maximum atomic E-state index is 13.3. The molecule has 3 heterocycles. The van der Waals surface area contributed by atoms with Gasteiger partial charge in [-0.05, 0) is 75.6 Å². The first-order valence-corrected chi connectivity index (χ1v) is 16.8. The smallest absolute Gasteiger partial charge is 0.409 e. The number of nitrogens with one attached hydrogen (secondary N) is 2. The van der Waals surface area contributed by atoms with Crippen LogP contribution in [0.1, 0.15) is 73.5 Å². The second-order valence-corrected chi connectivity index (χ2v) is 12.6. The summed E-state index contributed by atoms with van der Waals surface area (Å²) in [7, 11) is 0. The molecule has 0 unspecified atom stereocenters. The molecule has 1 aromatic heterocycles. The Morgan fingerprint density at radius 1 is 0.894 bits per heavy atom. The first-order chi connectivity index (χ1) is 22.6. The minimum Gasteiger partial charge on any atom is -0.483 e. The molecular weight excluding hydrogens is 604 g/mol. The maximum Gasteiger partial charge on any atom is 0.409 e. The van der Waals surface area contributed by atoms with Crippen LogP contribution in [0, 0.1) is 13.8 Å². The monoisotopic (exact) mass is 650 g/mol. The average Bonchev–Trinajstić information content (AvgIpc) is 3.55. The van der Waals surface area contributed by atoms with Crippen molar-refractivity contribution in [2.45, 2.75) is 77.8 Å². The van der Waals surface area contributed by atoms with Crippen molar-refractivity contribution in [3.63, 3.8) is 0 Å². The maximum absolute atomic E-state index is 13.3. The van der Waals surface area contributed by atoms with Gasteiger partial charge in [-0.25, -0.2) is 9.78 Å². The summed E-state index contributed by atoms with van der Waals surface area (Å²) in [5, 5.41) is 6.37. The molecule has 1 aliphatic carbocycles. The molecule has 1 aromatic carbocycles. The lowest BCUT2D eigenvalue weighted by atomic mass is 9.93. The van der Waals surface area contributed by atoms with E-state index in [-0.39, 0.29) is 48.7 Å². The Morgan fingerprint density at radius 3 is 2.32 bits per heavy atom. The van der Waals surface area contributed by atoms with E-state index >= 15 is 0 Å². The van der Waals surface area contributed by atoms with Gasteiger partial charge in [0.1, 0.15) is 17.5 Å². The molecule has 254 valence electrons. The van der Waals surface area contributed by atoms with Crippen molar-refractivity contribution in [1.82, 2.24) is 30.3 Å². The van der Waals surface area contributed by atoms with E-state index in [1.54, 1.807) is 14.7 Å². The number of carbonyl (C=O) groups is 5. The second kappa shape index (κ2) is 15.4. The lowest BCUT2D eigenvalue weighted by Crippen LogP contribution is -2.52. The molecule has 1 atom stereocenters. The van der Waals surface area contributed by atoms with Gasteiger partial charge in [-0.3, -0.25) is 19.2 Å². The molecule has 0 radical (unpaired) electrons. The van der Waals surface area contributed by atoms with Gasteiger partial charge in [0.15, 0.2) is 6.61 Å². The molecule has 47 heavy (non-hydrogen) atoms. The summed E-state index contributed by atoms with van der Waals surface area (Å²) in [6.07, 6.45) is 5.78. The number of aromatic nitrogens is 1. The number of rotatable bonds is 11. The molecular formula is C34H46N6O7. The van der Waals surface area contributed by atoms with E-state index in [4.69, 9.17) is 9.47 Å². The van der Waals surface area contributed by atoms with Crippen molar-refractivity contribution < 1.29 is 33.4 Å². The molecule has 5 amide bonds. The highest BCUT2D eigenvalue weighted by Gasteiger charge is 2.36.